The molecule has 0 bridgehead atoms. The van der Waals surface area contributed by atoms with E-state index in [0.29, 0.717) is 35.6 Å². The topological polar surface area (TPSA) is 140 Å². The van der Waals surface area contributed by atoms with Crippen LogP contribution in [0.3, 0.4) is 0 Å². The Kier molecular flexibility index (Phi) is 11.0. The van der Waals surface area contributed by atoms with Gasteiger partial charge in [-0.05, 0) is 60.4 Å². The summed E-state index contributed by atoms with van der Waals surface area (Å²) in [6.07, 6.45) is 0.387. The van der Waals surface area contributed by atoms with Crippen molar-refractivity contribution in [2.24, 2.45) is 0 Å². The van der Waals surface area contributed by atoms with Crippen molar-refractivity contribution in [3.63, 3.8) is 0 Å². The van der Waals surface area contributed by atoms with E-state index in [1.54, 1.807) is 48.5 Å². The van der Waals surface area contributed by atoms with Crippen LogP contribution in [0, 0.1) is 11.6 Å². The molecular formula is C34H30F2N2O8. The van der Waals surface area contributed by atoms with E-state index >= 15 is 0 Å². The average molecular weight is 633 g/mol. The average Bonchev–Trinajstić information content (AvgIpc) is 3.04. The monoisotopic (exact) mass is 632 g/mol. The van der Waals surface area contributed by atoms with E-state index in [4.69, 9.17) is 14.2 Å². The number of carbonyl (C=O) groups is 4. The number of hydrogen-bond acceptors (Lipinski definition) is 7. The number of aryl methyl sites for hydroxylation is 2. The maximum Gasteiger partial charge on any atom is 0.345 e. The van der Waals surface area contributed by atoms with E-state index < -0.39 is 58.0 Å². The number of benzene rings is 4. The normalized spacial score (nSPS) is 10.5. The Morgan fingerprint density at radius 1 is 0.674 bits per heavy atom. The Bertz CT molecular complexity index is 1780. The van der Waals surface area contributed by atoms with Crippen LogP contribution in [0.25, 0.3) is 0 Å². The molecule has 0 unspecified atom stereocenters. The minimum absolute atomic E-state index is 0.0108. The van der Waals surface area contributed by atoms with Crippen molar-refractivity contribution in [1.29, 1.82) is 0 Å². The highest BCUT2D eigenvalue weighted by molar-refractivity contribution is 6.05. The second-order valence-corrected chi connectivity index (χ2v) is 9.93. The molecule has 0 fully saturated rings. The van der Waals surface area contributed by atoms with Gasteiger partial charge in [0.15, 0.2) is 5.75 Å². The van der Waals surface area contributed by atoms with Crippen LogP contribution in [0.2, 0.25) is 0 Å². The molecule has 0 saturated heterocycles. The fourth-order valence-electron chi connectivity index (χ4n) is 4.64. The van der Waals surface area contributed by atoms with E-state index in [9.17, 15) is 33.1 Å². The van der Waals surface area contributed by atoms with Gasteiger partial charge in [-0.25, -0.2) is 18.4 Å². The maximum atomic E-state index is 14.5. The number of hydrogen-bond donors (Lipinski definition) is 3. The zero-order chi connectivity index (χ0) is 33.2. The highest BCUT2D eigenvalue weighted by Gasteiger charge is 2.24. The number of anilines is 2. The zero-order valence-corrected chi connectivity index (χ0v) is 24.9. The fraction of sp³-hybridized carbons (Fsp3) is 0.176. The molecule has 4 aromatic rings. The molecule has 2 amide bonds. The second-order valence-electron chi connectivity index (χ2n) is 9.93. The number of carbonyl (C=O) groups excluding carboxylic acids is 3. The minimum Gasteiger partial charge on any atom is -0.496 e. The lowest BCUT2D eigenvalue weighted by Crippen LogP contribution is -2.20. The standard InChI is InChI=1S/C34H30F2N2O8/c1-44-27-9-5-3-7-20(27)11-15-30(39)37-26-14-13-22(35)17-24(26)34(43)46-29-19-23(36)18-25(33(41)42)32(29)38-31(40)16-12-21-8-4-6-10-28(21)45-2/h3-10,13-14,17-19H,11-12,15-16H2,1-2H3,(H,37,39)(H,38,40)(H,41,42). The van der Waals surface area contributed by atoms with Crippen molar-refractivity contribution in [1.82, 2.24) is 0 Å². The third-order valence-electron chi connectivity index (χ3n) is 6.87. The SMILES string of the molecule is COc1ccccc1CCC(=O)Nc1ccc(F)cc1C(=O)Oc1cc(F)cc(C(=O)O)c1NC(=O)CCc1ccccc1OC. The molecule has 0 aliphatic rings. The predicted octanol–water partition coefficient (Wildman–Crippen LogP) is 6.04. The molecule has 238 valence electrons. The van der Waals surface area contributed by atoms with Gasteiger partial charge in [-0.3, -0.25) is 9.59 Å². The van der Waals surface area contributed by atoms with Gasteiger partial charge in [0.05, 0.1) is 36.7 Å². The number of carboxylic acid groups (broad SMARTS) is 1. The van der Waals surface area contributed by atoms with E-state index in [2.05, 4.69) is 10.6 Å². The zero-order valence-electron chi connectivity index (χ0n) is 24.9. The summed E-state index contributed by atoms with van der Waals surface area (Å²) in [7, 11) is 2.99. The first kappa shape index (κ1) is 33.1. The van der Waals surface area contributed by atoms with E-state index in [-0.39, 0.29) is 24.9 Å². The van der Waals surface area contributed by atoms with Crippen molar-refractivity contribution < 1.29 is 47.3 Å². The van der Waals surface area contributed by atoms with Crippen LogP contribution in [0.4, 0.5) is 20.2 Å². The number of amides is 2. The van der Waals surface area contributed by atoms with Gasteiger partial charge in [-0.1, -0.05) is 36.4 Å². The molecule has 10 nitrogen and oxygen atoms in total. The molecule has 0 heterocycles. The summed E-state index contributed by atoms with van der Waals surface area (Å²) < 4.78 is 44.7. The first-order valence-corrected chi connectivity index (χ1v) is 14.0. The molecule has 12 heteroatoms. The van der Waals surface area contributed by atoms with Crippen LogP contribution in [-0.2, 0) is 22.4 Å². The van der Waals surface area contributed by atoms with Crippen LogP contribution in [-0.4, -0.2) is 43.1 Å². The molecule has 0 spiro atoms. The third kappa shape index (κ3) is 8.44. The number of rotatable bonds is 13. The lowest BCUT2D eigenvalue weighted by atomic mass is 10.1. The molecule has 0 aliphatic heterocycles. The van der Waals surface area contributed by atoms with Gasteiger partial charge in [0.2, 0.25) is 11.8 Å². The third-order valence-corrected chi connectivity index (χ3v) is 6.87. The van der Waals surface area contributed by atoms with Crippen molar-refractivity contribution in [2.45, 2.75) is 25.7 Å². The van der Waals surface area contributed by atoms with Crippen LogP contribution < -0.4 is 24.8 Å². The highest BCUT2D eigenvalue weighted by Crippen LogP contribution is 2.32. The van der Waals surface area contributed by atoms with Gasteiger partial charge in [-0.2, -0.15) is 0 Å². The van der Waals surface area contributed by atoms with Crippen molar-refractivity contribution >= 4 is 35.1 Å². The highest BCUT2D eigenvalue weighted by atomic mass is 19.1. The number of esters is 1. The van der Waals surface area contributed by atoms with E-state index in [1.807, 2.05) is 0 Å². The van der Waals surface area contributed by atoms with Crippen molar-refractivity contribution in [2.75, 3.05) is 24.9 Å². The molecule has 0 saturated carbocycles. The molecule has 0 radical (unpaired) electrons. The first-order chi connectivity index (χ1) is 22.1. The summed E-state index contributed by atoms with van der Waals surface area (Å²) in [5, 5.41) is 14.7. The molecule has 0 aromatic heterocycles. The molecule has 0 aliphatic carbocycles. The summed E-state index contributed by atoms with van der Waals surface area (Å²) in [6, 6.07) is 18.5. The Morgan fingerprint density at radius 3 is 1.78 bits per heavy atom. The summed E-state index contributed by atoms with van der Waals surface area (Å²) in [6.45, 7) is 0. The maximum absolute atomic E-state index is 14.5. The molecule has 4 rings (SSSR count). The van der Waals surface area contributed by atoms with Crippen LogP contribution >= 0.6 is 0 Å². The Morgan fingerprint density at radius 2 is 1.22 bits per heavy atom. The van der Waals surface area contributed by atoms with Gasteiger partial charge in [0.25, 0.3) is 0 Å². The number of ether oxygens (including phenoxy) is 3. The predicted molar refractivity (Wildman–Crippen MR) is 165 cm³/mol. The lowest BCUT2D eigenvalue weighted by molar-refractivity contribution is -0.117. The smallest absolute Gasteiger partial charge is 0.345 e. The summed E-state index contributed by atoms with van der Waals surface area (Å²) in [5.41, 5.74) is -0.206. The summed E-state index contributed by atoms with van der Waals surface area (Å²) >= 11 is 0. The Balaban J connectivity index is 1.54. The minimum atomic E-state index is -1.61. The number of carboxylic acids is 1. The van der Waals surface area contributed by atoms with Gasteiger partial charge >= 0.3 is 11.9 Å². The van der Waals surface area contributed by atoms with Gasteiger partial charge < -0.3 is 30.0 Å². The Hall–Kier alpha value is -5.78. The lowest BCUT2D eigenvalue weighted by Gasteiger charge is -2.16. The van der Waals surface area contributed by atoms with Gasteiger partial charge in [0, 0.05) is 18.9 Å². The largest absolute Gasteiger partial charge is 0.496 e. The molecular weight excluding hydrogens is 602 g/mol. The first-order valence-electron chi connectivity index (χ1n) is 14.0. The second kappa shape index (κ2) is 15.3. The molecule has 3 N–H and O–H groups in total. The van der Waals surface area contributed by atoms with Crippen LogP contribution in [0.5, 0.6) is 17.2 Å². The summed E-state index contributed by atoms with van der Waals surface area (Å²) in [5.74, 6) is -5.41. The fourth-order valence-corrected chi connectivity index (χ4v) is 4.64. The van der Waals surface area contributed by atoms with Crippen molar-refractivity contribution in [3.8, 4) is 17.2 Å². The van der Waals surface area contributed by atoms with Crippen molar-refractivity contribution in [3.05, 3.63) is 113 Å². The van der Waals surface area contributed by atoms with Crippen LogP contribution in [0.15, 0.2) is 78.9 Å². The number of halogens is 2. The molecule has 0 atom stereocenters. The van der Waals surface area contributed by atoms with Crippen LogP contribution in [0.1, 0.15) is 44.7 Å². The Labute approximate surface area is 262 Å². The number of aromatic carboxylic acids is 1. The molecule has 46 heavy (non-hydrogen) atoms. The van der Waals surface area contributed by atoms with E-state index in [1.165, 1.54) is 14.2 Å². The molecule has 4 aromatic carbocycles. The number of methoxy groups -OCH3 is 2. The van der Waals surface area contributed by atoms with E-state index in [0.717, 1.165) is 23.8 Å². The van der Waals surface area contributed by atoms with Gasteiger partial charge in [-0.15, -0.1) is 0 Å². The quantitative estimate of drug-likeness (QED) is 0.120. The number of para-hydroxylation sites is 2. The van der Waals surface area contributed by atoms with Gasteiger partial charge in [0.1, 0.15) is 23.1 Å². The number of nitrogens with one attached hydrogen (secondary N) is 2. The summed E-state index contributed by atoms with van der Waals surface area (Å²) in [4.78, 5) is 50.9.